The number of para-hydroxylation sites is 2. The standard InChI is InChI=1S/C14H17N3O2/c1-4-19-13-8-6-5-7-12(13)16-14(18)11-9-15-17(3)10(11)2/h5-9H,4H2,1-3H3,(H,16,18). The first-order chi connectivity index (χ1) is 9.13. The van der Waals surface area contributed by atoms with Crippen LogP contribution in [0.5, 0.6) is 5.75 Å². The first-order valence-electron chi connectivity index (χ1n) is 6.15. The molecule has 1 heterocycles. The van der Waals surface area contributed by atoms with Crippen LogP contribution in [0.15, 0.2) is 30.5 Å². The highest BCUT2D eigenvalue weighted by atomic mass is 16.5. The number of nitrogens with zero attached hydrogens (tertiary/aromatic N) is 2. The third-order valence-corrected chi connectivity index (χ3v) is 2.91. The summed E-state index contributed by atoms with van der Waals surface area (Å²) in [5.41, 5.74) is 2.05. The van der Waals surface area contributed by atoms with Gasteiger partial charge in [0.05, 0.1) is 24.1 Å². The molecule has 2 rings (SSSR count). The molecule has 1 N–H and O–H groups in total. The molecule has 5 nitrogen and oxygen atoms in total. The number of amides is 1. The third kappa shape index (κ3) is 2.76. The Balaban J connectivity index is 2.22. The van der Waals surface area contributed by atoms with E-state index in [1.165, 1.54) is 0 Å². The molecule has 5 heteroatoms. The van der Waals surface area contributed by atoms with Gasteiger partial charge in [-0.2, -0.15) is 5.10 Å². The van der Waals surface area contributed by atoms with E-state index in [0.29, 0.717) is 23.6 Å². The third-order valence-electron chi connectivity index (χ3n) is 2.91. The minimum absolute atomic E-state index is 0.183. The summed E-state index contributed by atoms with van der Waals surface area (Å²) in [6.45, 7) is 4.32. The van der Waals surface area contributed by atoms with Crippen molar-refractivity contribution in [3.8, 4) is 5.75 Å². The van der Waals surface area contributed by atoms with E-state index < -0.39 is 0 Å². The van der Waals surface area contributed by atoms with Crippen molar-refractivity contribution in [2.24, 2.45) is 7.05 Å². The van der Waals surface area contributed by atoms with Gasteiger partial charge < -0.3 is 10.1 Å². The monoisotopic (exact) mass is 259 g/mol. The minimum Gasteiger partial charge on any atom is -0.492 e. The Labute approximate surface area is 112 Å². The lowest BCUT2D eigenvalue weighted by Crippen LogP contribution is -2.13. The normalized spacial score (nSPS) is 10.3. The predicted molar refractivity (Wildman–Crippen MR) is 73.5 cm³/mol. The fourth-order valence-corrected chi connectivity index (χ4v) is 1.76. The molecule has 0 spiro atoms. The van der Waals surface area contributed by atoms with Crippen LogP contribution >= 0.6 is 0 Å². The Morgan fingerprint density at radius 2 is 2.16 bits per heavy atom. The van der Waals surface area contributed by atoms with Gasteiger partial charge in [-0.3, -0.25) is 9.48 Å². The van der Waals surface area contributed by atoms with Gasteiger partial charge in [0.1, 0.15) is 5.75 Å². The quantitative estimate of drug-likeness (QED) is 0.917. The average molecular weight is 259 g/mol. The number of rotatable bonds is 4. The summed E-state index contributed by atoms with van der Waals surface area (Å²) in [4.78, 5) is 12.2. The molecule has 2 aromatic rings. The SMILES string of the molecule is CCOc1ccccc1NC(=O)c1cnn(C)c1C. The zero-order valence-corrected chi connectivity index (χ0v) is 11.3. The van der Waals surface area contributed by atoms with Gasteiger partial charge in [0, 0.05) is 12.7 Å². The molecular weight excluding hydrogens is 242 g/mol. The number of aromatic nitrogens is 2. The van der Waals surface area contributed by atoms with Crippen molar-refractivity contribution in [1.29, 1.82) is 0 Å². The van der Waals surface area contributed by atoms with Gasteiger partial charge in [0.2, 0.25) is 0 Å². The number of nitrogens with one attached hydrogen (secondary N) is 1. The molecule has 0 saturated carbocycles. The molecule has 0 bridgehead atoms. The summed E-state index contributed by atoms with van der Waals surface area (Å²) in [6.07, 6.45) is 1.56. The topological polar surface area (TPSA) is 56.1 Å². The molecule has 0 saturated heterocycles. The molecule has 0 fully saturated rings. The highest BCUT2D eigenvalue weighted by molar-refractivity contribution is 6.05. The molecule has 1 amide bonds. The van der Waals surface area contributed by atoms with E-state index in [1.54, 1.807) is 17.9 Å². The molecule has 1 aromatic carbocycles. The summed E-state index contributed by atoms with van der Waals surface area (Å²) in [6, 6.07) is 7.37. The van der Waals surface area contributed by atoms with Crippen molar-refractivity contribution < 1.29 is 9.53 Å². The molecule has 1 aromatic heterocycles. The number of carbonyl (C=O) groups is 1. The highest BCUT2D eigenvalue weighted by Gasteiger charge is 2.14. The zero-order chi connectivity index (χ0) is 13.8. The second-order valence-corrected chi connectivity index (χ2v) is 4.15. The largest absolute Gasteiger partial charge is 0.492 e. The first-order valence-corrected chi connectivity index (χ1v) is 6.15. The van der Waals surface area contributed by atoms with Crippen LogP contribution < -0.4 is 10.1 Å². The second kappa shape index (κ2) is 5.56. The number of hydrogen-bond acceptors (Lipinski definition) is 3. The number of anilines is 1. The zero-order valence-electron chi connectivity index (χ0n) is 11.3. The number of hydrogen-bond donors (Lipinski definition) is 1. The molecule has 100 valence electrons. The predicted octanol–water partition coefficient (Wildman–Crippen LogP) is 2.38. The van der Waals surface area contributed by atoms with Crippen LogP contribution in [0.3, 0.4) is 0 Å². The fourth-order valence-electron chi connectivity index (χ4n) is 1.76. The van der Waals surface area contributed by atoms with E-state index >= 15 is 0 Å². The molecule has 0 aliphatic carbocycles. The summed E-state index contributed by atoms with van der Waals surface area (Å²) < 4.78 is 7.14. The minimum atomic E-state index is -0.183. The Hall–Kier alpha value is -2.30. The van der Waals surface area contributed by atoms with Crippen LogP contribution in [0.2, 0.25) is 0 Å². The first kappa shape index (κ1) is 13.1. The van der Waals surface area contributed by atoms with Gasteiger partial charge in [0.15, 0.2) is 0 Å². The van der Waals surface area contributed by atoms with Gasteiger partial charge in [-0.15, -0.1) is 0 Å². The lowest BCUT2D eigenvalue weighted by Gasteiger charge is -2.10. The fraction of sp³-hybridized carbons (Fsp3) is 0.286. The van der Waals surface area contributed by atoms with Crippen LogP contribution in [-0.4, -0.2) is 22.3 Å². The van der Waals surface area contributed by atoms with Crippen LogP contribution in [0, 0.1) is 6.92 Å². The van der Waals surface area contributed by atoms with Crippen molar-refractivity contribution in [2.45, 2.75) is 13.8 Å². The highest BCUT2D eigenvalue weighted by Crippen LogP contribution is 2.24. The van der Waals surface area contributed by atoms with E-state index in [1.807, 2.05) is 38.1 Å². The van der Waals surface area contributed by atoms with Gasteiger partial charge >= 0.3 is 0 Å². The smallest absolute Gasteiger partial charge is 0.259 e. The molecule has 0 radical (unpaired) electrons. The maximum Gasteiger partial charge on any atom is 0.259 e. The van der Waals surface area contributed by atoms with E-state index in [9.17, 15) is 4.79 Å². The van der Waals surface area contributed by atoms with E-state index in [-0.39, 0.29) is 5.91 Å². The van der Waals surface area contributed by atoms with Crippen molar-refractivity contribution in [2.75, 3.05) is 11.9 Å². The van der Waals surface area contributed by atoms with Crippen molar-refractivity contribution >= 4 is 11.6 Å². The van der Waals surface area contributed by atoms with Crippen molar-refractivity contribution in [3.05, 3.63) is 41.7 Å². The van der Waals surface area contributed by atoms with Gasteiger partial charge in [-0.1, -0.05) is 12.1 Å². The van der Waals surface area contributed by atoms with Crippen LogP contribution in [0.25, 0.3) is 0 Å². The summed E-state index contributed by atoms with van der Waals surface area (Å²) in [7, 11) is 1.81. The number of aryl methyl sites for hydroxylation is 1. The maximum absolute atomic E-state index is 12.2. The molecule has 0 unspecified atom stereocenters. The van der Waals surface area contributed by atoms with Crippen molar-refractivity contribution in [3.63, 3.8) is 0 Å². The van der Waals surface area contributed by atoms with E-state index in [2.05, 4.69) is 10.4 Å². The number of carbonyl (C=O) groups excluding carboxylic acids is 1. The van der Waals surface area contributed by atoms with Crippen LogP contribution in [0.4, 0.5) is 5.69 Å². The Bertz CT molecular complexity index is 590. The van der Waals surface area contributed by atoms with Gasteiger partial charge in [-0.25, -0.2) is 0 Å². The van der Waals surface area contributed by atoms with E-state index in [4.69, 9.17) is 4.74 Å². The van der Waals surface area contributed by atoms with Crippen LogP contribution in [-0.2, 0) is 7.05 Å². The Morgan fingerprint density at radius 3 is 2.79 bits per heavy atom. The molecular formula is C14H17N3O2. The molecule has 0 atom stereocenters. The average Bonchev–Trinajstić information content (AvgIpc) is 2.73. The second-order valence-electron chi connectivity index (χ2n) is 4.15. The summed E-state index contributed by atoms with van der Waals surface area (Å²) >= 11 is 0. The Morgan fingerprint density at radius 1 is 1.42 bits per heavy atom. The lowest BCUT2D eigenvalue weighted by atomic mass is 10.2. The molecule has 0 aliphatic heterocycles. The number of benzene rings is 1. The number of ether oxygens (including phenoxy) is 1. The van der Waals surface area contributed by atoms with Gasteiger partial charge in [0.25, 0.3) is 5.91 Å². The Kier molecular flexibility index (Phi) is 3.85. The lowest BCUT2D eigenvalue weighted by molar-refractivity contribution is 0.102. The molecule has 19 heavy (non-hydrogen) atoms. The maximum atomic E-state index is 12.2. The van der Waals surface area contributed by atoms with E-state index in [0.717, 1.165) is 5.69 Å². The summed E-state index contributed by atoms with van der Waals surface area (Å²) in [5.74, 6) is 0.484. The van der Waals surface area contributed by atoms with Gasteiger partial charge in [-0.05, 0) is 26.0 Å². The van der Waals surface area contributed by atoms with Crippen LogP contribution in [0.1, 0.15) is 23.0 Å². The summed E-state index contributed by atoms with van der Waals surface area (Å²) in [5, 5.41) is 6.91. The van der Waals surface area contributed by atoms with Crippen molar-refractivity contribution in [1.82, 2.24) is 9.78 Å². The molecule has 0 aliphatic rings.